The molecule has 4 heterocycles. The topological polar surface area (TPSA) is 115 Å². The fourth-order valence-electron chi connectivity index (χ4n) is 6.93. The third-order valence-corrected chi connectivity index (χ3v) is 10.2. The molecule has 3 aromatic carbocycles. The SMILES string of the molecule is CN1Cc2cccc(C(Nc3cc(Cl)c4ncc(C#N)c(Nc5ccc(F)c(Cl)c5)c4c3)c3cn(C4CCN(C(C)(C)C)CC4)nn3)c2C1=O. The van der Waals surface area contributed by atoms with E-state index in [9.17, 15) is 14.4 Å². The third-order valence-electron chi connectivity index (χ3n) is 9.62. The summed E-state index contributed by atoms with van der Waals surface area (Å²) >= 11 is 12.9. The number of nitrogens with one attached hydrogen (secondary N) is 2. The molecule has 10 nitrogen and oxygen atoms in total. The predicted octanol–water partition coefficient (Wildman–Crippen LogP) is 8.11. The largest absolute Gasteiger partial charge is 0.373 e. The van der Waals surface area contributed by atoms with E-state index in [1.165, 1.54) is 24.4 Å². The lowest BCUT2D eigenvalue weighted by Crippen LogP contribution is -2.46. The quantitative estimate of drug-likeness (QED) is 0.174. The summed E-state index contributed by atoms with van der Waals surface area (Å²) in [7, 11) is 1.79. The number of hydrogen-bond donors (Lipinski definition) is 2. The number of rotatable bonds is 7. The average Bonchev–Trinajstić information content (AvgIpc) is 3.69. The summed E-state index contributed by atoms with van der Waals surface area (Å²) in [5, 5.41) is 27.0. The molecule has 0 aliphatic carbocycles. The van der Waals surface area contributed by atoms with Crippen LogP contribution in [-0.2, 0) is 6.54 Å². The zero-order chi connectivity index (χ0) is 35.3. The summed E-state index contributed by atoms with van der Waals surface area (Å²) < 4.78 is 15.9. The van der Waals surface area contributed by atoms with Gasteiger partial charge in [-0.25, -0.2) is 9.07 Å². The van der Waals surface area contributed by atoms with Crippen LogP contribution >= 0.6 is 23.2 Å². The van der Waals surface area contributed by atoms with E-state index >= 15 is 0 Å². The molecule has 256 valence electrons. The molecule has 5 aromatic rings. The molecule has 1 unspecified atom stereocenters. The number of carbonyl (C=O) groups is 1. The first-order valence-electron chi connectivity index (χ1n) is 16.5. The van der Waals surface area contributed by atoms with Crippen molar-refractivity contribution in [1.82, 2.24) is 29.8 Å². The molecule has 1 fully saturated rings. The predicted molar refractivity (Wildman–Crippen MR) is 193 cm³/mol. The summed E-state index contributed by atoms with van der Waals surface area (Å²) in [6, 6.07) is 15.5. The van der Waals surface area contributed by atoms with Crippen LogP contribution in [0, 0.1) is 17.1 Å². The Morgan fingerprint density at radius 3 is 2.54 bits per heavy atom. The summed E-state index contributed by atoms with van der Waals surface area (Å²) in [4.78, 5) is 22.2. The summed E-state index contributed by atoms with van der Waals surface area (Å²) in [6.45, 7) is 9.16. The van der Waals surface area contributed by atoms with E-state index in [1.54, 1.807) is 18.0 Å². The number of anilines is 3. The fraction of sp³-hybridized carbons (Fsp3) is 0.324. The second-order valence-electron chi connectivity index (χ2n) is 13.9. The number of fused-ring (bicyclic) bond motifs is 2. The van der Waals surface area contributed by atoms with E-state index in [0.29, 0.717) is 50.8 Å². The van der Waals surface area contributed by atoms with Crippen LogP contribution in [0.1, 0.15) is 78.4 Å². The number of carbonyl (C=O) groups excluding carboxylic acids is 1. The molecule has 1 saturated heterocycles. The summed E-state index contributed by atoms with van der Waals surface area (Å²) in [5.74, 6) is -0.615. The standard InChI is InChI=1S/C37H36Cl2FN9O/c1-37(2,3)48-12-10-25(11-13-48)49-20-31(45-46-49)35(26-7-5-6-21-19-47(4)36(50)32(21)26)44-24-14-27-33(43-23-8-9-30(40)28(38)15-23)22(17-41)18-42-34(27)29(39)16-24/h5-9,14-16,18,20,25,35,44H,10-13,19H2,1-4H3,(H,42,43). The molecule has 2 aliphatic rings. The fourth-order valence-corrected chi connectivity index (χ4v) is 7.38. The van der Waals surface area contributed by atoms with Gasteiger partial charge in [0.1, 0.15) is 17.6 Å². The number of nitriles is 1. The number of halogens is 3. The molecule has 2 aromatic heterocycles. The molecule has 1 atom stereocenters. The first-order chi connectivity index (χ1) is 23.9. The van der Waals surface area contributed by atoms with Crippen LogP contribution in [-0.4, -0.2) is 61.4 Å². The van der Waals surface area contributed by atoms with Crippen molar-refractivity contribution in [2.24, 2.45) is 0 Å². The van der Waals surface area contributed by atoms with Gasteiger partial charge >= 0.3 is 0 Å². The number of benzene rings is 3. The molecule has 2 N–H and O–H groups in total. The second-order valence-corrected chi connectivity index (χ2v) is 14.7. The van der Waals surface area contributed by atoms with Crippen LogP contribution in [0.15, 0.2) is 60.9 Å². The number of likely N-dealkylation sites (tertiary alicyclic amines) is 1. The Morgan fingerprint density at radius 1 is 1.06 bits per heavy atom. The van der Waals surface area contributed by atoms with Gasteiger partial charge in [-0.2, -0.15) is 5.26 Å². The minimum absolute atomic E-state index is 0.0570. The van der Waals surface area contributed by atoms with Crippen molar-refractivity contribution in [3.8, 4) is 6.07 Å². The van der Waals surface area contributed by atoms with Crippen molar-refractivity contribution in [2.45, 2.75) is 57.8 Å². The van der Waals surface area contributed by atoms with Crippen LogP contribution in [0.25, 0.3) is 10.9 Å². The Kier molecular flexibility index (Phi) is 8.89. The van der Waals surface area contributed by atoms with Gasteiger partial charge in [0, 0.05) is 55.2 Å². The Bertz CT molecular complexity index is 2170. The van der Waals surface area contributed by atoms with Gasteiger partial charge in [0.25, 0.3) is 5.91 Å². The van der Waals surface area contributed by atoms with Gasteiger partial charge in [-0.1, -0.05) is 46.6 Å². The number of nitrogens with zero attached hydrogens (tertiary/aromatic N) is 7. The Labute approximate surface area is 299 Å². The zero-order valence-electron chi connectivity index (χ0n) is 28.1. The maximum atomic E-state index is 14.0. The van der Waals surface area contributed by atoms with Gasteiger partial charge in [-0.15, -0.1) is 5.10 Å². The van der Waals surface area contributed by atoms with E-state index in [0.717, 1.165) is 37.1 Å². The highest BCUT2D eigenvalue weighted by molar-refractivity contribution is 6.36. The van der Waals surface area contributed by atoms with Gasteiger partial charge < -0.3 is 15.5 Å². The highest BCUT2D eigenvalue weighted by Gasteiger charge is 2.33. The van der Waals surface area contributed by atoms with Gasteiger partial charge in [-0.3, -0.25) is 14.7 Å². The van der Waals surface area contributed by atoms with Crippen molar-refractivity contribution in [3.05, 3.63) is 105 Å². The maximum absolute atomic E-state index is 14.0. The van der Waals surface area contributed by atoms with Crippen molar-refractivity contribution < 1.29 is 9.18 Å². The zero-order valence-corrected chi connectivity index (χ0v) is 29.6. The van der Waals surface area contributed by atoms with Gasteiger partial charge in [0.2, 0.25) is 0 Å². The number of amides is 1. The Hall–Kier alpha value is -4.76. The molecular weight excluding hydrogens is 676 g/mol. The van der Waals surface area contributed by atoms with Crippen LogP contribution < -0.4 is 10.6 Å². The van der Waals surface area contributed by atoms with Crippen LogP contribution in [0.3, 0.4) is 0 Å². The van der Waals surface area contributed by atoms with E-state index < -0.39 is 11.9 Å². The molecule has 13 heteroatoms. The lowest BCUT2D eigenvalue weighted by Gasteiger charge is -2.40. The smallest absolute Gasteiger partial charge is 0.254 e. The molecular formula is C37H36Cl2FN9O. The van der Waals surface area contributed by atoms with Crippen LogP contribution in [0.4, 0.5) is 21.5 Å². The molecule has 0 radical (unpaired) electrons. The highest BCUT2D eigenvalue weighted by Crippen LogP contribution is 2.39. The third kappa shape index (κ3) is 6.35. The van der Waals surface area contributed by atoms with Crippen molar-refractivity contribution in [2.75, 3.05) is 30.8 Å². The molecule has 0 saturated carbocycles. The average molecular weight is 713 g/mol. The summed E-state index contributed by atoms with van der Waals surface area (Å²) in [6.07, 6.45) is 5.32. The van der Waals surface area contributed by atoms with Crippen LogP contribution in [0.2, 0.25) is 10.0 Å². The number of pyridine rings is 1. The molecule has 0 spiro atoms. The lowest BCUT2D eigenvalue weighted by molar-refractivity contribution is 0.0815. The van der Waals surface area contributed by atoms with Gasteiger partial charge in [0.15, 0.2) is 0 Å². The Morgan fingerprint density at radius 2 is 1.82 bits per heavy atom. The van der Waals surface area contributed by atoms with Gasteiger partial charge in [-0.05, 0) is 75.1 Å². The van der Waals surface area contributed by atoms with E-state index in [1.807, 2.05) is 35.1 Å². The molecule has 7 rings (SSSR count). The molecule has 2 aliphatic heterocycles. The second kappa shape index (κ2) is 13.2. The van der Waals surface area contributed by atoms with Crippen molar-refractivity contribution in [1.29, 1.82) is 5.26 Å². The number of piperidine rings is 1. The van der Waals surface area contributed by atoms with Gasteiger partial charge in [0.05, 0.1) is 50.7 Å². The number of hydrogen-bond acceptors (Lipinski definition) is 8. The van der Waals surface area contributed by atoms with Crippen molar-refractivity contribution in [3.63, 3.8) is 0 Å². The summed E-state index contributed by atoms with van der Waals surface area (Å²) in [5.41, 5.74) is 5.35. The molecule has 50 heavy (non-hydrogen) atoms. The lowest BCUT2D eigenvalue weighted by atomic mass is 9.94. The van der Waals surface area contributed by atoms with Crippen molar-refractivity contribution >= 4 is 57.1 Å². The van der Waals surface area contributed by atoms with E-state index in [2.05, 4.69) is 57.7 Å². The highest BCUT2D eigenvalue weighted by atomic mass is 35.5. The molecule has 0 bridgehead atoms. The monoisotopic (exact) mass is 711 g/mol. The van der Waals surface area contributed by atoms with E-state index in [4.69, 9.17) is 23.2 Å². The minimum atomic E-state index is -0.572. The van der Waals surface area contributed by atoms with Crippen LogP contribution in [0.5, 0.6) is 0 Å². The first kappa shape index (κ1) is 33.7. The van der Waals surface area contributed by atoms with E-state index in [-0.39, 0.29) is 28.1 Å². The minimum Gasteiger partial charge on any atom is -0.373 e. The molecule has 1 amide bonds. The first-order valence-corrected chi connectivity index (χ1v) is 17.2. The normalized spacial score (nSPS) is 16.0. The Balaban J connectivity index is 1.30. The maximum Gasteiger partial charge on any atom is 0.254 e. The number of aromatic nitrogens is 4.